The van der Waals surface area contributed by atoms with Crippen molar-refractivity contribution in [3.63, 3.8) is 0 Å². The van der Waals surface area contributed by atoms with Gasteiger partial charge in [-0.05, 0) is 32.4 Å². The smallest absolute Gasteiger partial charge is 0.264 e. The summed E-state index contributed by atoms with van der Waals surface area (Å²) in [4.78, 5) is 65.1. The van der Waals surface area contributed by atoms with E-state index >= 15 is 0 Å². The van der Waals surface area contributed by atoms with Crippen LogP contribution < -0.4 is 16.0 Å². The first-order valence-corrected chi connectivity index (χ1v) is 10.3. The monoisotopic (exact) mass is 499 g/mol. The number of carbonyl (C=O) groups excluding carboxylic acids is 5. The molecule has 0 saturated carbocycles. The van der Waals surface area contributed by atoms with Gasteiger partial charge in [-0.1, -0.05) is 6.07 Å². The van der Waals surface area contributed by atoms with Crippen LogP contribution in [0.25, 0.3) is 0 Å². The van der Waals surface area contributed by atoms with Crippen molar-refractivity contribution in [1.29, 1.82) is 0 Å². The number of rotatable bonds is 4. The minimum atomic E-state index is -1.03. The second-order valence-electron chi connectivity index (χ2n) is 8.56. The molecule has 1 unspecified atom stereocenters. The zero-order valence-electron chi connectivity index (χ0n) is 18.3. The standard InChI is InChI=1S/C21H25N5O5.2ClH/c1-21(2)11-22-8-9-25(21)16(28)10-23-13-5-3-4-12-17(13)20(31)26(19(12)30)14-6-7-15(27)24-18(14)29;;/h3-5,14,22-23H,6-11H2,1-2H3,(H,24,27,29);2*1H. The molecule has 12 heteroatoms. The first-order valence-electron chi connectivity index (χ1n) is 10.3. The maximum absolute atomic E-state index is 13.1. The average molecular weight is 500 g/mol. The van der Waals surface area contributed by atoms with E-state index in [1.54, 1.807) is 17.0 Å². The van der Waals surface area contributed by atoms with Crippen LogP contribution in [0, 0.1) is 0 Å². The molecule has 0 spiro atoms. The fraction of sp³-hybridized carbons (Fsp3) is 0.476. The molecule has 10 nitrogen and oxygen atoms in total. The van der Waals surface area contributed by atoms with Crippen molar-refractivity contribution in [3.8, 4) is 0 Å². The van der Waals surface area contributed by atoms with Gasteiger partial charge in [0.2, 0.25) is 17.7 Å². The van der Waals surface area contributed by atoms with Gasteiger partial charge in [0.25, 0.3) is 11.8 Å². The van der Waals surface area contributed by atoms with E-state index in [1.807, 2.05) is 13.8 Å². The minimum absolute atomic E-state index is 0. The molecule has 3 aliphatic heterocycles. The Bertz CT molecular complexity index is 999. The molecular formula is C21H27Cl2N5O5. The van der Waals surface area contributed by atoms with E-state index in [0.717, 1.165) is 4.90 Å². The summed E-state index contributed by atoms with van der Waals surface area (Å²) in [6.45, 7) is 5.92. The second kappa shape index (κ2) is 10.1. The van der Waals surface area contributed by atoms with Crippen molar-refractivity contribution in [2.24, 2.45) is 0 Å². The van der Waals surface area contributed by atoms with E-state index in [2.05, 4.69) is 16.0 Å². The number of fused-ring (bicyclic) bond motifs is 1. The Labute approximate surface area is 203 Å². The zero-order valence-corrected chi connectivity index (χ0v) is 19.9. The van der Waals surface area contributed by atoms with Gasteiger partial charge in [0, 0.05) is 37.3 Å². The highest BCUT2D eigenvalue weighted by Crippen LogP contribution is 2.32. The van der Waals surface area contributed by atoms with Crippen LogP contribution in [0.3, 0.4) is 0 Å². The van der Waals surface area contributed by atoms with Crippen molar-refractivity contribution in [1.82, 2.24) is 20.4 Å². The first kappa shape index (κ1) is 26.6. The van der Waals surface area contributed by atoms with E-state index in [1.165, 1.54) is 6.07 Å². The lowest BCUT2D eigenvalue weighted by Gasteiger charge is -2.43. The fourth-order valence-corrected chi connectivity index (χ4v) is 4.37. The highest BCUT2D eigenvalue weighted by molar-refractivity contribution is 6.25. The summed E-state index contributed by atoms with van der Waals surface area (Å²) >= 11 is 0. The molecule has 2 saturated heterocycles. The van der Waals surface area contributed by atoms with Crippen LogP contribution in [0.5, 0.6) is 0 Å². The molecule has 4 rings (SSSR count). The minimum Gasteiger partial charge on any atom is -0.375 e. The highest BCUT2D eigenvalue weighted by atomic mass is 35.5. The average Bonchev–Trinajstić information content (AvgIpc) is 2.97. The molecule has 180 valence electrons. The Hall–Kier alpha value is -2.69. The normalized spacial score (nSPS) is 21.6. The van der Waals surface area contributed by atoms with Gasteiger partial charge in [-0.2, -0.15) is 0 Å². The Morgan fingerprint density at radius 2 is 1.88 bits per heavy atom. The number of hydrogen-bond donors (Lipinski definition) is 3. The third-order valence-corrected chi connectivity index (χ3v) is 6.00. The molecule has 0 aliphatic carbocycles. The zero-order chi connectivity index (χ0) is 22.3. The Balaban J connectivity index is 0.00000193. The summed E-state index contributed by atoms with van der Waals surface area (Å²) in [6, 6.07) is 3.75. The Morgan fingerprint density at radius 1 is 1.15 bits per heavy atom. The quantitative estimate of drug-likeness (QED) is 0.516. The van der Waals surface area contributed by atoms with Crippen molar-refractivity contribution >= 4 is 60.0 Å². The number of halogens is 2. The largest absolute Gasteiger partial charge is 0.375 e. The number of piperazine rings is 1. The molecular weight excluding hydrogens is 473 g/mol. The van der Waals surface area contributed by atoms with Crippen molar-refractivity contribution in [2.45, 2.75) is 38.3 Å². The number of nitrogens with one attached hydrogen (secondary N) is 3. The molecule has 0 aromatic heterocycles. The fourth-order valence-electron chi connectivity index (χ4n) is 4.37. The topological polar surface area (TPSA) is 128 Å². The van der Waals surface area contributed by atoms with Crippen LogP contribution in [0.2, 0.25) is 0 Å². The van der Waals surface area contributed by atoms with E-state index < -0.39 is 29.7 Å². The molecule has 33 heavy (non-hydrogen) atoms. The van der Waals surface area contributed by atoms with Gasteiger partial charge in [-0.3, -0.25) is 34.2 Å². The number of piperidine rings is 1. The molecule has 1 atom stereocenters. The summed E-state index contributed by atoms with van der Waals surface area (Å²) in [5.41, 5.74) is 0.357. The SMILES string of the molecule is CC1(C)CNCCN1C(=O)CNc1cccc2c1C(=O)N(C1CCC(=O)NC1=O)C2=O.Cl.Cl. The van der Waals surface area contributed by atoms with Crippen LogP contribution >= 0.6 is 24.8 Å². The van der Waals surface area contributed by atoms with Crippen molar-refractivity contribution in [3.05, 3.63) is 29.3 Å². The van der Waals surface area contributed by atoms with Gasteiger partial charge in [0.05, 0.1) is 17.7 Å². The summed E-state index contributed by atoms with van der Waals surface area (Å²) in [5.74, 6) is -2.37. The summed E-state index contributed by atoms with van der Waals surface area (Å²) in [6.07, 6.45) is 0.152. The van der Waals surface area contributed by atoms with Crippen LogP contribution in [0.15, 0.2) is 18.2 Å². The predicted octanol–water partition coefficient (Wildman–Crippen LogP) is 0.554. The number of carbonyl (C=O) groups is 5. The van der Waals surface area contributed by atoms with E-state index in [9.17, 15) is 24.0 Å². The molecule has 1 aromatic carbocycles. The number of nitrogens with zero attached hydrogens (tertiary/aromatic N) is 2. The molecule has 3 aliphatic rings. The lowest BCUT2D eigenvalue weighted by molar-refractivity contribution is -0.137. The van der Waals surface area contributed by atoms with E-state index in [0.29, 0.717) is 25.3 Å². The van der Waals surface area contributed by atoms with Gasteiger partial charge in [0.1, 0.15) is 6.04 Å². The molecule has 3 N–H and O–H groups in total. The number of hydrogen-bond acceptors (Lipinski definition) is 7. The van der Waals surface area contributed by atoms with Gasteiger partial charge in [0.15, 0.2) is 0 Å². The number of anilines is 1. The molecule has 0 radical (unpaired) electrons. The lowest BCUT2D eigenvalue weighted by atomic mass is 10.00. The van der Waals surface area contributed by atoms with Gasteiger partial charge >= 0.3 is 0 Å². The van der Waals surface area contributed by atoms with Crippen molar-refractivity contribution < 1.29 is 24.0 Å². The number of amides is 5. The predicted molar refractivity (Wildman–Crippen MR) is 125 cm³/mol. The Kier molecular flexibility index (Phi) is 8.10. The summed E-state index contributed by atoms with van der Waals surface area (Å²) in [5, 5.41) is 8.45. The first-order chi connectivity index (χ1) is 14.7. The number of benzene rings is 1. The highest BCUT2D eigenvalue weighted by Gasteiger charge is 2.45. The third kappa shape index (κ3) is 4.83. The van der Waals surface area contributed by atoms with Crippen LogP contribution in [-0.2, 0) is 14.4 Å². The molecule has 0 bridgehead atoms. The molecule has 5 amide bonds. The number of imide groups is 2. The summed E-state index contributed by atoms with van der Waals surface area (Å²) in [7, 11) is 0. The van der Waals surface area contributed by atoms with Crippen LogP contribution in [0.4, 0.5) is 5.69 Å². The van der Waals surface area contributed by atoms with Crippen molar-refractivity contribution in [2.75, 3.05) is 31.5 Å². The molecule has 1 aromatic rings. The van der Waals surface area contributed by atoms with Crippen LogP contribution in [0.1, 0.15) is 47.4 Å². The second-order valence-corrected chi connectivity index (χ2v) is 8.56. The molecule has 2 fully saturated rings. The lowest BCUT2D eigenvalue weighted by Crippen LogP contribution is -2.60. The van der Waals surface area contributed by atoms with E-state index in [4.69, 9.17) is 0 Å². The molecule has 3 heterocycles. The maximum atomic E-state index is 13.1. The third-order valence-electron chi connectivity index (χ3n) is 6.00. The van der Waals surface area contributed by atoms with Gasteiger partial charge < -0.3 is 15.5 Å². The van der Waals surface area contributed by atoms with Crippen LogP contribution in [-0.4, -0.2) is 77.1 Å². The van der Waals surface area contributed by atoms with Gasteiger partial charge in [-0.25, -0.2) is 0 Å². The Morgan fingerprint density at radius 3 is 2.55 bits per heavy atom. The van der Waals surface area contributed by atoms with Gasteiger partial charge in [-0.15, -0.1) is 24.8 Å². The summed E-state index contributed by atoms with van der Waals surface area (Å²) < 4.78 is 0. The maximum Gasteiger partial charge on any atom is 0.264 e. The van der Waals surface area contributed by atoms with E-state index in [-0.39, 0.29) is 66.8 Å².